The van der Waals surface area contributed by atoms with Crippen molar-refractivity contribution in [3.63, 3.8) is 0 Å². The van der Waals surface area contributed by atoms with Crippen molar-refractivity contribution in [2.24, 2.45) is 11.8 Å². The zero-order valence-electron chi connectivity index (χ0n) is 10.0. The molecule has 78 valence electrons. The maximum atomic E-state index is 11.7. The molecule has 0 saturated carbocycles. The first-order valence-corrected chi connectivity index (χ1v) is 4.99. The summed E-state index contributed by atoms with van der Waals surface area (Å²) < 4.78 is 0. The molecule has 0 aromatic heterocycles. The van der Waals surface area contributed by atoms with Crippen LogP contribution in [0.5, 0.6) is 0 Å². The van der Waals surface area contributed by atoms with Gasteiger partial charge in [-0.15, -0.1) is 0 Å². The third-order valence-electron chi connectivity index (χ3n) is 3.10. The van der Waals surface area contributed by atoms with Crippen molar-refractivity contribution < 1.29 is 4.79 Å². The lowest BCUT2D eigenvalue weighted by atomic mass is 9.88. The largest absolute Gasteiger partial charge is 0.340 e. The van der Waals surface area contributed by atoms with Crippen LogP contribution in [-0.4, -0.2) is 23.4 Å². The average Bonchev–Trinajstić information content (AvgIpc) is 2.01. The first-order valence-electron chi connectivity index (χ1n) is 4.99. The van der Waals surface area contributed by atoms with E-state index in [1.807, 2.05) is 25.8 Å². The molecule has 0 saturated heterocycles. The Bertz CT molecular complexity index is 183. The molecule has 0 fully saturated rings. The van der Waals surface area contributed by atoms with Crippen LogP contribution in [0.25, 0.3) is 0 Å². The summed E-state index contributed by atoms with van der Waals surface area (Å²) in [5.41, 5.74) is -0.0542. The molecule has 0 spiro atoms. The van der Waals surface area contributed by atoms with Crippen LogP contribution in [-0.2, 0) is 4.79 Å². The van der Waals surface area contributed by atoms with Gasteiger partial charge in [0.2, 0.25) is 5.91 Å². The summed E-state index contributed by atoms with van der Waals surface area (Å²) in [6.45, 7) is 12.4. The molecule has 0 rings (SSSR count). The number of carbonyl (C=O) groups excluding carboxylic acids is 1. The van der Waals surface area contributed by atoms with Crippen LogP contribution in [0.3, 0.4) is 0 Å². The Balaban J connectivity index is 4.58. The van der Waals surface area contributed by atoms with Crippen molar-refractivity contribution in [1.29, 1.82) is 0 Å². The Kier molecular flexibility index (Phi) is 3.95. The van der Waals surface area contributed by atoms with Gasteiger partial charge in [-0.1, -0.05) is 27.7 Å². The topological polar surface area (TPSA) is 20.3 Å². The quantitative estimate of drug-likeness (QED) is 0.661. The predicted octanol–water partition coefficient (Wildman–Crippen LogP) is 2.54. The van der Waals surface area contributed by atoms with Crippen molar-refractivity contribution in [3.8, 4) is 0 Å². The highest BCUT2D eigenvalue weighted by atomic mass is 16.2. The van der Waals surface area contributed by atoms with E-state index in [0.29, 0.717) is 5.92 Å². The summed E-state index contributed by atoms with van der Waals surface area (Å²) in [5, 5.41) is 0. The summed E-state index contributed by atoms with van der Waals surface area (Å²) in [6, 6.07) is 0. The zero-order chi connectivity index (χ0) is 10.8. The monoisotopic (exact) mass is 185 g/mol. The zero-order valence-corrected chi connectivity index (χ0v) is 10.0. The molecule has 0 radical (unpaired) electrons. The van der Waals surface area contributed by atoms with Crippen LogP contribution in [0.1, 0.15) is 41.5 Å². The number of carbonyl (C=O) groups is 1. The molecular weight excluding hydrogens is 162 g/mol. The highest BCUT2D eigenvalue weighted by Crippen LogP contribution is 2.23. The molecule has 0 aliphatic rings. The van der Waals surface area contributed by atoms with Gasteiger partial charge in [0.15, 0.2) is 0 Å². The minimum absolute atomic E-state index is 0.0542. The maximum absolute atomic E-state index is 11.7. The lowest BCUT2D eigenvalue weighted by molar-refractivity contribution is -0.139. The van der Waals surface area contributed by atoms with Gasteiger partial charge in [-0.2, -0.15) is 0 Å². The third-order valence-corrected chi connectivity index (χ3v) is 3.10. The Morgan fingerprint density at radius 1 is 1.15 bits per heavy atom. The normalized spacial score (nSPS) is 12.4. The minimum atomic E-state index is -0.0542. The predicted molar refractivity (Wildman–Crippen MR) is 56.5 cm³/mol. The molecule has 2 nitrogen and oxygen atoms in total. The van der Waals surface area contributed by atoms with E-state index in [-0.39, 0.29) is 17.4 Å². The van der Waals surface area contributed by atoms with Crippen LogP contribution in [0.4, 0.5) is 0 Å². The van der Waals surface area contributed by atoms with E-state index in [1.165, 1.54) is 0 Å². The van der Waals surface area contributed by atoms with Crippen molar-refractivity contribution in [2.45, 2.75) is 47.1 Å². The Hall–Kier alpha value is -0.530. The smallest absolute Gasteiger partial charge is 0.225 e. The van der Waals surface area contributed by atoms with Crippen LogP contribution >= 0.6 is 0 Å². The van der Waals surface area contributed by atoms with Crippen LogP contribution in [0, 0.1) is 11.8 Å². The van der Waals surface area contributed by atoms with E-state index in [1.54, 1.807) is 0 Å². The molecule has 0 N–H and O–H groups in total. The summed E-state index contributed by atoms with van der Waals surface area (Å²) in [4.78, 5) is 13.6. The molecule has 0 aromatic rings. The van der Waals surface area contributed by atoms with E-state index in [2.05, 4.69) is 27.7 Å². The number of rotatable bonds is 3. The molecule has 1 amide bonds. The molecule has 0 bridgehead atoms. The Morgan fingerprint density at radius 3 is 1.77 bits per heavy atom. The van der Waals surface area contributed by atoms with Gasteiger partial charge in [0, 0.05) is 18.5 Å². The van der Waals surface area contributed by atoms with Crippen molar-refractivity contribution in [1.82, 2.24) is 4.90 Å². The highest BCUT2D eigenvalue weighted by molar-refractivity contribution is 5.78. The number of nitrogens with zero attached hydrogens (tertiary/aromatic N) is 1. The molecule has 0 unspecified atom stereocenters. The fraction of sp³-hybridized carbons (Fsp3) is 0.909. The van der Waals surface area contributed by atoms with Crippen molar-refractivity contribution in [3.05, 3.63) is 0 Å². The van der Waals surface area contributed by atoms with Gasteiger partial charge in [0.1, 0.15) is 0 Å². The van der Waals surface area contributed by atoms with Gasteiger partial charge in [-0.05, 0) is 19.8 Å². The van der Waals surface area contributed by atoms with Gasteiger partial charge < -0.3 is 4.90 Å². The SMILES string of the molecule is CC(C)C(=O)N(C)C(C)(C)C(C)C. The third kappa shape index (κ3) is 2.71. The van der Waals surface area contributed by atoms with E-state index in [0.717, 1.165) is 0 Å². The van der Waals surface area contributed by atoms with Gasteiger partial charge >= 0.3 is 0 Å². The molecule has 13 heavy (non-hydrogen) atoms. The summed E-state index contributed by atoms with van der Waals surface area (Å²) in [6.07, 6.45) is 0. The number of amides is 1. The molecular formula is C11H23NO. The molecule has 2 heteroatoms. The lowest BCUT2D eigenvalue weighted by Crippen LogP contribution is -2.50. The van der Waals surface area contributed by atoms with Crippen LogP contribution in [0.2, 0.25) is 0 Å². The van der Waals surface area contributed by atoms with Gasteiger partial charge in [0.25, 0.3) is 0 Å². The maximum Gasteiger partial charge on any atom is 0.225 e. The second-order valence-electron chi connectivity index (χ2n) is 4.86. The van der Waals surface area contributed by atoms with Crippen molar-refractivity contribution in [2.75, 3.05) is 7.05 Å². The second-order valence-corrected chi connectivity index (χ2v) is 4.86. The van der Waals surface area contributed by atoms with Crippen LogP contribution in [0.15, 0.2) is 0 Å². The minimum Gasteiger partial charge on any atom is -0.340 e. The second kappa shape index (κ2) is 4.12. The summed E-state index contributed by atoms with van der Waals surface area (Å²) >= 11 is 0. The first-order chi connectivity index (χ1) is 5.71. The number of hydrogen-bond acceptors (Lipinski definition) is 1. The van der Waals surface area contributed by atoms with E-state index in [4.69, 9.17) is 0 Å². The van der Waals surface area contributed by atoms with Crippen LogP contribution < -0.4 is 0 Å². The fourth-order valence-electron chi connectivity index (χ4n) is 1.06. The average molecular weight is 185 g/mol. The molecule has 0 atom stereocenters. The lowest BCUT2D eigenvalue weighted by Gasteiger charge is -2.40. The van der Waals surface area contributed by atoms with E-state index >= 15 is 0 Å². The van der Waals surface area contributed by atoms with Gasteiger partial charge in [-0.3, -0.25) is 4.79 Å². The first kappa shape index (κ1) is 12.5. The molecule has 0 aromatic carbocycles. The standard InChI is InChI=1S/C11H23NO/c1-8(2)10(13)12(7)11(5,6)9(3)4/h8-9H,1-7H3. The fourth-order valence-corrected chi connectivity index (χ4v) is 1.06. The molecule has 0 aliphatic carbocycles. The van der Waals surface area contributed by atoms with E-state index < -0.39 is 0 Å². The number of hydrogen-bond donors (Lipinski definition) is 0. The Labute approximate surface area is 82.3 Å². The summed E-state index contributed by atoms with van der Waals surface area (Å²) in [5.74, 6) is 0.780. The van der Waals surface area contributed by atoms with Crippen molar-refractivity contribution >= 4 is 5.91 Å². The highest BCUT2D eigenvalue weighted by Gasteiger charge is 2.31. The molecule has 0 aliphatic heterocycles. The van der Waals surface area contributed by atoms with Gasteiger partial charge in [0.05, 0.1) is 0 Å². The Morgan fingerprint density at radius 2 is 1.54 bits per heavy atom. The van der Waals surface area contributed by atoms with E-state index in [9.17, 15) is 4.79 Å². The van der Waals surface area contributed by atoms with Gasteiger partial charge in [-0.25, -0.2) is 0 Å². The molecule has 0 heterocycles. The summed E-state index contributed by atoms with van der Waals surface area (Å²) in [7, 11) is 1.89.